The van der Waals surface area contributed by atoms with E-state index < -0.39 is 30.5 Å². The summed E-state index contributed by atoms with van der Waals surface area (Å²) in [6, 6.07) is 5.13. The predicted molar refractivity (Wildman–Crippen MR) is 72.7 cm³/mol. The van der Waals surface area contributed by atoms with Gasteiger partial charge in [0.15, 0.2) is 0 Å². The highest BCUT2D eigenvalue weighted by Gasteiger charge is 2.36. The zero-order valence-electron chi connectivity index (χ0n) is 10.8. The van der Waals surface area contributed by atoms with Gasteiger partial charge in [0.05, 0.1) is 6.42 Å². The molecule has 1 unspecified atom stereocenters. The van der Waals surface area contributed by atoms with Crippen LogP contribution in [0, 0.1) is 0 Å². The Balaban J connectivity index is 2.55. The van der Waals surface area contributed by atoms with Gasteiger partial charge < -0.3 is 10.4 Å². The molecule has 21 heavy (non-hydrogen) atoms. The number of alkyl halides is 3. The first-order chi connectivity index (χ1) is 9.69. The molecule has 1 rings (SSSR count). The number of halogens is 4. The SMILES string of the molecule is O=C(CCc1ccccc1Br)NC(CC(F)(F)F)C(=O)O. The number of hydrogen-bond acceptors (Lipinski definition) is 2. The molecule has 1 aromatic carbocycles. The van der Waals surface area contributed by atoms with Crippen LogP contribution < -0.4 is 5.32 Å². The third-order valence-electron chi connectivity index (χ3n) is 2.65. The van der Waals surface area contributed by atoms with Crippen molar-refractivity contribution >= 4 is 27.8 Å². The molecule has 8 heteroatoms. The average Bonchev–Trinajstić information content (AvgIpc) is 2.35. The van der Waals surface area contributed by atoms with Gasteiger partial charge in [0.25, 0.3) is 0 Å². The highest BCUT2D eigenvalue weighted by molar-refractivity contribution is 9.10. The standard InChI is InChI=1S/C13H13BrF3NO3/c14-9-4-2-1-3-8(9)5-6-11(19)18-10(12(20)21)7-13(15,16)17/h1-4,10H,5-7H2,(H,18,19)(H,20,21). The highest BCUT2D eigenvalue weighted by atomic mass is 79.9. The molecule has 0 fully saturated rings. The normalized spacial score (nSPS) is 12.8. The Morgan fingerprint density at radius 3 is 2.43 bits per heavy atom. The van der Waals surface area contributed by atoms with E-state index in [2.05, 4.69) is 15.9 Å². The van der Waals surface area contributed by atoms with Crippen LogP contribution in [0.1, 0.15) is 18.4 Å². The molecule has 4 nitrogen and oxygen atoms in total. The monoisotopic (exact) mass is 367 g/mol. The number of carboxylic acid groups (broad SMARTS) is 1. The van der Waals surface area contributed by atoms with E-state index in [0.29, 0.717) is 6.42 Å². The summed E-state index contributed by atoms with van der Waals surface area (Å²) in [7, 11) is 0. The third kappa shape index (κ3) is 6.61. The van der Waals surface area contributed by atoms with Gasteiger partial charge in [-0.1, -0.05) is 34.1 Å². The fourth-order valence-corrected chi connectivity index (χ4v) is 2.13. The van der Waals surface area contributed by atoms with Crippen molar-refractivity contribution in [1.29, 1.82) is 0 Å². The molecule has 0 spiro atoms. The molecule has 0 heterocycles. The van der Waals surface area contributed by atoms with E-state index in [4.69, 9.17) is 5.11 Å². The quantitative estimate of drug-likeness (QED) is 0.812. The molecular formula is C13H13BrF3NO3. The first-order valence-electron chi connectivity index (χ1n) is 6.01. The van der Waals surface area contributed by atoms with Crippen LogP contribution in [0.3, 0.4) is 0 Å². The lowest BCUT2D eigenvalue weighted by Crippen LogP contribution is -2.43. The van der Waals surface area contributed by atoms with Crippen LogP contribution in [-0.4, -0.2) is 29.2 Å². The summed E-state index contributed by atoms with van der Waals surface area (Å²) < 4.78 is 37.4. The maximum Gasteiger partial charge on any atom is 0.391 e. The zero-order valence-corrected chi connectivity index (χ0v) is 12.4. The molecule has 0 saturated carbocycles. The molecular weight excluding hydrogens is 355 g/mol. The number of carbonyl (C=O) groups is 2. The molecule has 0 radical (unpaired) electrons. The fraction of sp³-hybridized carbons (Fsp3) is 0.385. The molecule has 0 aromatic heterocycles. The van der Waals surface area contributed by atoms with Crippen LogP contribution in [0.25, 0.3) is 0 Å². The van der Waals surface area contributed by atoms with E-state index >= 15 is 0 Å². The van der Waals surface area contributed by atoms with Gasteiger partial charge in [0.1, 0.15) is 6.04 Å². The van der Waals surface area contributed by atoms with E-state index in [1.165, 1.54) is 0 Å². The smallest absolute Gasteiger partial charge is 0.391 e. The topological polar surface area (TPSA) is 66.4 Å². The molecule has 2 N–H and O–H groups in total. The molecule has 0 aliphatic rings. The van der Waals surface area contributed by atoms with E-state index in [9.17, 15) is 22.8 Å². The number of hydrogen-bond donors (Lipinski definition) is 2. The summed E-state index contributed by atoms with van der Waals surface area (Å²) in [6.45, 7) is 0. The van der Waals surface area contributed by atoms with Crippen molar-refractivity contribution in [2.45, 2.75) is 31.5 Å². The van der Waals surface area contributed by atoms with Crippen molar-refractivity contribution < 1.29 is 27.9 Å². The van der Waals surface area contributed by atoms with Gasteiger partial charge in [0.2, 0.25) is 5.91 Å². The summed E-state index contributed by atoms with van der Waals surface area (Å²) in [5.74, 6) is -2.44. The molecule has 0 saturated heterocycles. The van der Waals surface area contributed by atoms with Crippen molar-refractivity contribution in [1.82, 2.24) is 5.32 Å². The second-order valence-corrected chi connectivity index (χ2v) is 5.22. The van der Waals surface area contributed by atoms with E-state index in [1.54, 1.807) is 24.3 Å². The van der Waals surface area contributed by atoms with E-state index in [0.717, 1.165) is 10.0 Å². The molecule has 1 aromatic rings. The van der Waals surface area contributed by atoms with E-state index in [-0.39, 0.29) is 6.42 Å². The molecule has 1 amide bonds. The highest BCUT2D eigenvalue weighted by Crippen LogP contribution is 2.22. The van der Waals surface area contributed by atoms with Crippen LogP contribution in [0.5, 0.6) is 0 Å². The Kier molecular flexibility index (Phi) is 6.19. The van der Waals surface area contributed by atoms with Gasteiger partial charge in [-0.15, -0.1) is 0 Å². The largest absolute Gasteiger partial charge is 0.480 e. The van der Waals surface area contributed by atoms with Crippen molar-refractivity contribution in [2.75, 3.05) is 0 Å². The Labute approximate surface area is 127 Å². The number of aryl methyl sites for hydroxylation is 1. The number of benzene rings is 1. The van der Waals surface area contributed by atoms with Gasteiger partial charge in [-0.3, -0.25) is 4.79 Å². The summed E-state index contributed by atoms with van der Waals surface area (Å²) in [4.78, 5) is 22.3. The molecule has 0 bridgehead atoms. The summed E-state index contributed by atoms with van der Waals surface area (Å²) in [6.07, 6.45) is -6.04. The lowest BCUT2D eigenvalue weighted by Gasteiger charge is -2.16. The number of nitrogens with one attached hydrogen (secondary N) is 1. The molecule has 116 valence electrons. The summed E-state index contributed by atoms with van der Waals surface area (Å²) in [5.41, 5.74) is 0.815. The summed E-state index contributed by atoms with van der Waals surface area (Å²) in [5, 5.41) is 10.6. The van der Waals surface area contributed by atoms with Crippen LogP contribution in [-0.2, 0) is 16.0 Å². The maximum atomic E-state index is 12.2. The zero-order chi connectivity index (χ0) is 16.0. The Bertz CT molecular complexity index is 520. The lowest BCUT2D eigenvalue weighted by molar-refractivity contribution is -0.160. The van der Waals surface area contributed by atoms with Crippen LogP contribution >= 0.6 is 15.9 Å². The fourth-order valence-electron chi connectivity index (χ4n) is 1.65. The predicted octanol–water partition coefficient (Wildman–Crippen LogP) is 2.90. The Hall–Kier alpha value is -1.57. The van der Waals surface area contributed by atoms with Crippen molar-refractivity contribution in [3.8, 4) is 0 Å². The van der Waals surface area contributed by atoms with Crippen LogP contribution in [0.2, 0.25) is 0 Å². The number of carbonyl (C=O) groups excluding carboxylic acids is 1. The first-order valence-corrected chi connectivity index (χ1v) is 6.80. The van der Waals surface area contributed by atoms with Gasteiger partial charge in [-0.2, -0.15) is 13.2 Å². The Morgan fingerprint density at radius 2 is 1.90 bits per heavy atom. The van der Waals surface area contributed by atoms with Crippen LogP contribution in [0.4, 0.5) is 13.2 Å². The van der Waals surface area contributed by atoms with Crippen molar-refractivity contribution in [3.63, 3.8) is 0 Å². The average molecular weight is 368 g/mol. The lowest BCUT2D eigenvalue weighted by atomic mass is 10.1. The number of carboxylic acids is 1. The summed E-state index contributed by atoms with van der Waals surface area (Å²) >= 11 is 3.29. The van der Waals surface area contributed by atoms with Crippen LogP contribution in [0.15, 0.2) is 28.7 Å². The third-order valence-corrected chi connectivity index (χ3v) is 3.42. The number of aliphatic carboxylic acids is 1. The van der Waals surface area contributed by atoms with Gasteiger partial charge >= 0.3 is 12.1 Å². The second kappa shape index (κ2) is 7.44. The van der Waals surface area contributed by atoms with Gasteiger partial charge in [-0.25, -0.2) is 4.79 Å². The minimum atomic E-state index is -4.65. The maximum absolute atomic E-state index is 12.2. The van der Waals surface area contributed by atoms with Crippen molar-refractivity contribution in [3.05, 3.63) is 34.3 Å². The molecule has 0 aliphatic heterocycles. The van der Waals surface area contributed by atoms with Gasteiger partial charge in [-0.05, 0) is 18.1 Å². The number of amides is 1. The minimum absolute atomic E-state index is 0.0930. The molecule has 1 atom stereocenters. The first kappa shape index (κ1) is 17.5. The minimum Gasteiger partial charge on any atom is -0.480 e. The molecule has 0 aliphatic carbocycles. The van der Waals surface area contributed by atoms with Crippen molar-refractivity contribution in [2.24, 2.45) is 0 Å². The Morgan fingerprint density at radius 1 is 1.29 bits per heavy atom. The van der Waals surface area contributed by atoms with Gasteiger partial charge in [0, 0.05) is 10.9 Å². The van der Waals surface area contributed by atoms with E-state index in [1.807, 2.05) is 5.32 Å². The number of rotatable bonds is 6. The second-order valence-electron chi connectivity index (χ2n) is 4.37.